The number of carbonyl (C=O) groups excluding carboxylic acids is 1. The summed E-state index contributed by atoms with van der Waals surface area (Å²) in [6.07, 6.45) is 1.75. The highest BCUT2D eigenvalue weighted by molar-refractivity contribution is 6.01. The molecule has 2 nitrogen and oxygen atoms in total. The lowest BCUT2D eigenvalue weighted by Gasteiger charge is -1.93. The molecule has 0 aliphatic carbocycles. The summed E-state index contributed by atoms with van der Waals surface area (Å²) in [5.41, 5.74) is 2.38. The van der Waals surface area contributed by atoms with Crippen molar-refractivity contribution in [2.75, 3.05) is 6.54 Å². The minimum Gasteiger partial charge on any atom is -0.348 e. The summed E-state index contributed by atoms with van der Waals surface area (Å²) in [5.74, 6) is -0.0435. The second kappa shape index (κ2) is 5.36. The third-order valence-electron chi connectivity index (χ3n) is 1.48. The Labute approximate surface area is 80.0 Å². The van der Waals surface area contributed by atoms with Gasteiger partial charge < -0.3 is 5.32 Å². The lowest BCUT2D eigenvalue weighted by Crippen LogP contribution is -2.14. The molecule has 1 aliphatic rings. The molecule has 0 aromatic carbocycles. The fraction of sp³-hybridized carbons (Fsp3) is 0.364. The van der Waals surface area contributed by atoms with E-state index >= 15 is 0 Å². The van der Waals surface area contributed by atoms with Crippen LogP contribution in [-0.4, -0.2) is 12.5 Å². The van der Waals surface area contributed by atoms with Gasteiger partial charge in [-0.25, -0.2) is 0 Å². The average molecular weight is 179 g/mol. The topological polar surface area (TPSA) is 29.1 Å². The minimum absolute atomic E-state index is 0.0435. The lowest BCUT2D eigenvalue weighted by molar-refractivity contribution is -0.116. The predicted molar refractivity (Wildman–Crippen MR) is 56.4 cm³/mol. The van der Waals surface area contributed by atoms with Crippen LogP contribution in [0.3, 0.4) is 0 Å². The van der Waals surface area contributed by atoms with Gasteiger partial charge in [-0.2, -0.15) is 0 Å². The Hall–Kier alpha value is -1.31. The highest BCUT2D eigenvalue weighted by atomic mass is 16.2. The van der Waals surface area contributed by atoms with Gasteiger partial charge in [0, 0.05) is 12.1 Å². The Morgan fingerprint density at radius 2 is 2.08 bits per heavy atom. The van der Waals surface area contributed by atoms with Gasteiger partial charge in [0.1, 0.15) is 0 Å². The zero-order valence-corrected chi connectivity index (χ0v) is 8.61. The van der Waals surface area contributed by atoms with Crippen LogP contribution in [0.15, 0.2) is 36.0 Å². The van der Waals surface area contributed by atoms with E-state index < -0.39 is 0 Å². The van der Waals surface area contributed by atoms with E-state index in [0.717, 1.165) is 11.1 Å². The molecule has 0 saturated carbocycles. The van der Waals surface area contributed by atoms with Gasteiger partial charge in [-0.15, -0.1) is 0 Å². The Morgan fingerprint density at radius 3 is 2.38 bits per heavy atom. The molecule has 1 heterocycles. The minimum atomic E-state index is -0.0435. The number of hydrogen-bond donors (Lipinski definition) is 1. The second-order valence-corrected chi connectivity index (χ2v) is 2.69. The van der Waals surface area contributed by atoms with Crippen molar-refractivity contribution < 1.29 is 4.79 Å². The van der Waals surface area contributed by atoms with Crippen LogP contribution in [0.4, 0.5) is 0 Å². The molecule has 1 saturated heterocycles. The van der Waals surface area contributed by atoms with Crippen LogP contribution < -0.4 is 5.32 Å². The summed E-state index contributed by atoms with van der Waals surface area (Å²) < 4.78 is 0. The van der Waals surface area contributed by atoms with Crippen molar-refractivity contribution in [1.29, 1.82) is 0 Å². The molecule has 0 radical (unpaired) electrons. The highest BCUT2D eigenvalue weighted by Crippen LogP contribution is 2.14. The first-order valence-corrected chi connectivity index (χ1v) is 4.45. The molecule has 1 fully saturated rings. The van der Waals surface area contributed by atoms with E-state index in [4.69, 9.17) is 0 Å². The molecule has 1 N–H and O–H groups in total. The van der Waals surface area contributed by atoms with E-state index in [0.29, 0.717) is 12.1 Å². The summed E-state index contributed by atoms with van der Waals surface area (Å²) in [7, 11) is 0. The molecule has 1 aliphatic heterocycles. The summed E-state index contributed by atoms with van der Waals surface area (Å²) in [4.78, 5) is 11.0. The Morgan fingerprint density at radius 1 is 1.54 bits per heavy atom. The highest BCUT2D eigenvalue weighted by Gasteiger charge is 2.19. The first-order valence-electron chi connectivity index (χ1n) is 4.45. The molecule has 0 aromatic heterocycles. The van der Waals surface area contributed by atoms with Gasteiger partial charge in [0.05, 0.1) is 0 Å². The number of hydrogen-bond acceptors (Lipinski definition) is 1. The van der Waals surface area contributed by atoms with Gasteiger partial charge in [0.25, 0.3) is 5.91 Å². The van der Waals surface area contributed by atoms with Gasteiger partial charge in [0.2, 0.25) is 0 Å². The predicted octanol–water partition coefficient (Wildman–Crippen LogP) is 2.20. The van der Waals surface area contributed by atoms with E-state index in [1.54, 1.807) is 6.08 Å². The van der Waals surface area contributed by atoms with Gasteiger partial charge in [-0.3, -0.25) is 4.79 Å². The fourth-order valence-corrected chi connectivity index (χ4v) is 0.952. The first-order chi connectivity index (χ1) is 6.11. The third-order valence-corrected chi connectivity index (χ3v) is 1.48. The molecule has 2 heteroatoms. The van der Waals surface area contributed by atoms with Gasteiger partial charge in [0.15, 0.2) is 0 Å². The van der Waals surface area contributed by atoms with Crippen molar-refractivity contribution in [1.82, 2.24) is 5.32 Å². The van der Waals surface area contributed by atoms with Crippen molar-refractivity contribution in [3.8, 4) is 0 Å². The zero-order valence-electron chi connectivity index (χ0n) is 8.61. The van der Waals surface area contributed by atoms with E-state index in [-0.39, 0.29) is 5.91 Å². The van der Waals surface area contributed by atoms with Crippen LogP contribution in [0.25, 0.3) is 0 Å². The number of carbonyl (C=O) groups is 1. The standard InChI is InChI=1S/C9H11NO.C2H6/c1-6(2)4-8-7(3)5-10-9(8)11;1-2/h4H,1,3,5H2,2H3,(H,10,11);1-2H3/b8-4+;. The van der Waals surface area contributed by atoms with Crippen molar-refractivity contribution >= 4 is 5.91 Å². The smallest absolute Gasteiger partial charge is 0.251 e. The van der Waals surface area contributed by atoms with E-state index in [9.17, 15) is 4.79 Å². The Kier molecular flexibility index (Phi) is 4.82. The SMILES string of the molecule is C=C(C)/C=C1\C(=C)CNC1=O.CC. The summed E-state index contributed by atoms with van der Waals surface area (Å²) in [6.45, 7) is 13.9. The van der Waals surface area contributed by atoms with Crippen LogP contribution in [-0.2, 0) is 4.79 Å². The van der Waals surface area contributed by atoms with Crippen molar-refractivity contribution in [2.24, 2.45) is 0 Å². The van der Waals surface area contributed by atoms with Crippen LogP contribution in [0.1, 0.15) is 20.8 Å². The molecule has 0 bridgehead atoms. The molecule has 1 amide bonds. The molecule has 0 spiro atoms. The second-order valence-electron chi connectivity index (χ2n) is 2.69. The van der Waals surface area contributed by atoms with Crippen LogP contribution >= 0.6 is 0 Å². The summed E-state index contributed by atoms with van der Waals surface area (Å²) in [6, 6.07) is 0. The zero-order chi connectivity index (χ0) is 10.4. The molecular formula is C11H17NO. The summed E-state index contributed by atoms with van der Waals surface area (Å²) in [5, 5.41) is 2.68. The maximum Gasteiger partial charge on any atom is 0.251 e. The Bertz CT molecular complexity index is 243. The monoisotopic (exact) mass is 179 g/mol. The molecular weight excluding hydrogens is 162 g/mol. The third kappa shape index (κ3) is 3.28. The van der Waals surface area contributed by atoms with Crippen LogP contribution in [0, 0.1) is 0 Å². The normalized spacial score (nSPS) is 17.9. The largest absolute Gasteiger partial charge is 0.348 e. The van der Waals surface area contributed by atoms with Gasteiger partial charge >= 0.3 is 0 Å². The quantitative estimate of drug-likeness (QED) is 0.614. The number of allylic oxidation sites excluding steroid dienone is 2. The van der Waals surface area contributed by atoms with Gasteiger partial charge in [-0.05, 0) is 18.6 Å². The lowest BCUT2D eigenvalue weighted by atomic mass is 10.1. The molecule has 0 unspecified atom stereocenters. The van der Waals surface area contributed by atoms with Crippen LogP contribution in [0.2, 0.25) is 0 Å². The number of amides is 1. The van der Waals surface area contributed by atoms with Crippen LogP contribution in [0.5, 0.6) is 0 Å². The molecule has 1 rings (SSSR count). The molecule has 72 valence electrons. The number of rotatable bonds is 1. The van der Waals surface area contributed by atoms with Gasteiger partial charge in [-0.1, -0.05) is 32.6 Å². The van der Waals surface area contributed by atoms with Crippen molar-refractivity contribution in [2.45, 2.75) is 20.8 Å². The first kappa shape index (κ1) is 11.7. The fourth-order valence-electron chi connectivity index (χ4n) is 0.952. The van der Waals surface area contributed by atoms with Crippen molar-refractivity contribution in [3.63, 3.8) is 0 Å². The van der Waals surface area contributed by atoms with E-state index in [2.05, 4.69) is 18.5 Å². The number of nitrogens with one attached hydrogen (secondary N) is 1. The maximum absolute atomic E-state index is 11.0. The summed E-state index contributed by atoms with van der Waals surface area (Å²) >= 11 is 0. The Balaban J connectivity index is 0.000000671. The van der Waals surface area contributed by atoms with Crippen molar-refractivity contribution in [3.05, 3.63) is 36.0 Å². The molecule has 0 aromatic rings. The van der Waals surface area contributed by atoms with E-state index in [1.807, 2.05) is 20.8 Å². The maximum atomic E-state index is 11.0. The molecule has 0 atom stereocenters. The molecule has 13 heavy (non-hydrogen) atoms. The average Bonchev–Trinajstić information content (AvgIpc) is 2.39. The van der Waals surface area contributed by atoms with E-state index in [1.165, 1.54) is 0 Å².